The number of fused-ring (bicyclic) bond motifs is 4. The molecule has 0 aromatic heterocycles. The van der Waals surface area contributed by atoms with Crippen molar-refractivity contribution >= 4 is 52.7 Å². The number of amides is 4. The van der Waals surface area contributed by atoms with Crippen molar-refractivity contribution < 1.29 is 33.4 Å². The average Bonchev–Trinajstić information content (AvgIpc) is 3.53. The van der Waals surface area contributed by atoms with Crippen LogP contribution in [-0.2, 0) is 24.6 Å². The van der Waals surface area contributed by atoms with E-state index in [2.05, 4.69) is 12.0 Å². The zero-order valence-corrected chi connectivity index (χ0v) is 28.7. The fourth-order valence-corrected chi connectivity index (χ4v) is 9.11. The van der Waals surface area contributed by atoms with E-state index in [-0.39, 0.29) is 35.8 Å². The number of rotatable bonds is 7. The highest BCUT2D eigenvalue weighted by Gasteiger charge is 2.71. The average molecular weight is 718 g/mol. The summed E-state index contributed by atoms with van der Waals surface area (Å²) in [5, 5.41) is 13.0. The van der Waals surface area contributed by atoms with Crippen molar-refractivity contribution in [3.05, 3.63) is 137 Å². The van der Waals surface area contributed by atoms with Gasteiger partial charge >= 0.3 is 0 Å². The molecule has 9 nitrogen and oxygen atoms in total. The first kappa shape index (κ1) is 33.4. The highest BCUT2D eigenvalue weighted by atomic mass is 35.5. The third-order valence-electron chi connectivity index (χ3n) is 11.2. The van der Waals surface area contributed by atoms with Crippen molar-refractivity contribution in [1.82, 2.24) is 5.01 Å². The Kier molecular flexibility index (Phi) is 8.02. The quantitative estimate of drug-likeness (QED) is 0.156. The Morgan fingerprint density at radius 3 is 2.31 bits per heavy atom. The maximum atomic E-state index is 15.3. The van der Waals surface area contributed by atoms with Crippen molar-refractivity contribution in [2.45, 2.75) is 24.2 Å². The molecule has 52 heavy (non-hydrogen) atoms. The third kappa shape index (κ3) is 4.81. The number of anilines is 2. The molecule has 2 N–H and O–H groups in total. The molecule has 2 aliphatic carbocycles. The molecule has 6 atom stereocenters. The number of hydrazine groups is 1. The van der Waals surface area contributed by atoms with E-state index in [0.717, 1.165) is 10.6 Å². The Bertz CT molecular complexity index is 2190. The van der Waals surface area contributed by atoms with Crippen molar-refractivity contribution in [3.63, 3.8) is 0 Å². The van der Waals surface area contributed by atoms with Gasteiger partial charge in [-0.3, -0.25) is 29.5 Å². The number of allylic oxidation sites excluding steroid dienone is 2. The first-order valence-electron chi connectivity index (χ1n) is 16.9. The van der Waals surface area contributed by atoms with Crippen LogP contribution >= 0.6 is 11.6 Å². The van der Waals surface area contributed by atoms with E-state index in [0.29, 0.717) is 27.5 Å². The van der Waals surface area contributed by atoms with Crippen LogP contribution in [0.4, 0.5) is 15.8 Å². The number of phenolic OH excluding ortho intramolecular Hbond substituents is 1. The number of hydrogen-bond donors (Lipinski definition) is 2. The lowest BCUT2D eigenvalue weighted by molar-refractivity contribution is -0.138. The van der Waals surface area contributed by atoms with E-state index in [1.165, 1.54) is 42.3 Å². The predicted molar refractivity (Wildman–Crippen MR) is 193 cm³/mol. The van der Waals surface area contributed by atoms with Gasteiger partial charge in [-0.15, -0.1) is 0 Å². The van der Waals surface area contributed by atoms with Crippen LogP contribution in [0.1, 0.15) is 35.4 Å². The molecule has 0 bridgehead atoms. The summed E-state index contributed by atoms with van der Waals surface area (Å²) in [4.78, 5) is 59.9. The second-order valence-corrected chi connectivity index (χ2v) is 14.0. The van der Waals surface area contributed by atoms with Crippen LogP contribution in [0.3, 0.4) is 0 Å². The summed E-state index contributed by atoms with van der Waals surface area (Å²) in [6.45, 7) is 3.78. The van der Waals surface area contributed by atoms with Gasteiger partial charge in [-0.1, -0.05) is 66.2 Å². The Morgan fingerprint density at radius 1 is 0.923 bits per heavy atom. The summed E-state index contributed by atoms with van der Waals surface area (Å²) in [5.74, 6) is -6.57. The topological polar surface area (TPSA) is 116 Å². The number of phenols is 1. The number of methoxy groups -OCH3 is 1. The van der Waals surface area contributed by atoms with Crippen LogP contribution in [0.2, 0.25) is 5.02 Å². The minimum absolute atomic E-state index is 0.0521. The number of nitrogens with one attached hydrogen (secondary N) is 1. The van der Waals surface area contributed by atoms with Gasteiger partial charge in [0.15, 0.2) is 0 Å². The molecule has 2 saturated heterocycles. The number of ether oxygens (including phenoxy) is 1. The number of imide groups is 2. The van der Waals surface area contributed by atoms with Crippen LogP contribution in [0.15, 0.2) is 109 Å². The lowest BCUT2D eigenvalue weighted by Crippen LogP contribution is -2.53. The molecule has 8 rings (SSSR count). The largest absolute Gasteiger partial charge is 0.508 e. The lowest BCUT2D eigenvalue weighted by Gasteiger charge is -2.50. The van der Waals surface area contributed by atoms with E-state index >= 15 is 4.79 Å². The summed E-state index contributed by atoms with van der Waals surface area (Å²) >= 11 is 6.36. The van der Waals surface area contributed by atoms with Gasteiger partial charge in [0.2, 0.25) is 11.8 Å². The van der Waals surface area contributed by atoms with Crippen molar-refractivity contribution in [2.24, 2.45) is 23.7 Å². The fourth-order valence-electron chi connectivity index (χ4n) is 8.98. The molecule has 2 heterocycles. The van der Waals surface area contributed by atoms with Crippen LogP contribution in [0.5, 0.6) is 11.5 Å². The van der Waals surface area contributed by atoms with E-state index < -0.39 is 58.5 Å². The summed E-state index contributed by atoms with van der Waals surface area (Å²) in [6.07, 6.45) is 3.83. The Balaban J connectivity index is 1.34. The third-order valence-corrected chi connectivity index (χ3v) is 11.4. The maximum absolute atomic E-state index is 15.3. The molecule has 4 aliphatic rings. The first-order valence-corrected chi connectivity index (χ1v) is 17.3. The van der Waals surface area contributed by atoms with Crippen molar-refractivity contribution in [1.29, 1.82) is 0 Å². The number of nitrogens with zero attached hydrogens (tertiary/aromatic N) is 2. The Labute approximate surface area is 303 Å². The summed E-state index contributed by atoms with van der Waals surface area (Å²) in [7, 11) is 1.45. The van der Waals surface area contributed by atoms with Gasteiger partial charge in [0.05, 0.1) is 41.7 Å². The summed E-state index contributed by atoms with van der Waals surface area (Å²) < 4.78 is 19.7. The minimum Gasteiger partial charge on any atom is -0.508 e. The van der Waals surface area contributed by atoms with Crippen LogP contribution in [-0.4, -0.2) is 40.9 Å². The van der Waals surface area contributed by atoms with Crippen LogP contribution in [0.25, 0.3) is 6.08 Å². The van der Waals surface area contributed by atoms with E-state index in [4.69, 9.17) is 16.3 Å². The molecule has 0 spiro atoms. The number of benzene rings is 4. The molecule has 11 heteroatoms. The van der Waals surface area contributed by atoms with E-state index in [1.807, 2.05) is 6.08 Å². The van der Waals surface area contributed by atoms with Gasteiger partial charge in [-0.05, 0) is 90.6 Å². The van der Waals surface area contributed by atoms with Gasteiger partial charge in [-0.2, -0.15) is 5.01 Å². The van der Waals surface area contributed by atoms with Crippen LogP contribution < -0.4 is 15.1 Å². The molecule has 2 aliphatic heterocycles. The molecule has 4 amide bonds. The number of carbonyl (C=O) groups is 4. The maximum Gasteiger partial charge on any atom is 0.260 e. The molecule has 262 valence electrons. The Morgan fingerprint density at radius 2 is 1.63 bits per heavy atom. The van der Waals surface area contributed by atoms with Crippen molar-refractivity contribution in [3.8, 4) is 11.5 Å². The van der Waals surface area contributed by atoms with Gasteiger partial charge in [0, 0.05) is 16.5 Å². The number of aromatic hydroxyl groups is 1. The molecule has 1 saturated carbocycles. The summed E-state index contributed by atoms with van der Waals surface area (Å²) in [5.41, 5.74) is 4.22. The monoisotopic (exact) mass is 717 g/mol. The van der Waals surface area contributed by atoms with Gasteiger partial charge < -0.3 is 9.84 Å². The number of carbonyl (C=O) groups excluding carboxylic acids is 4. The number of hydrogen-bond acceptors (Lipinski definition) is 7. The molecule has 4 aromatic carbocycles. The lowest BCUT2D eigenvalue weighted by atomic mass is 9.49. The first-order chi connectivity index (χ1) is 25.1. The van der Waals surface area contributed by atoms with Gasteiger partial charge in [0.25, 0.3) is 11.8 Å². The highest BCUT2D eigenvalue weighted by Crippen LogP contribution is 2.66. The normalized spacial score (nSPS) is 26.4. The molecular formula is C41H33ClFN3O6. The molecule has 0 radical (unpaired) electrons. The zero-order valence-electron chi connectivity index (χ0n) is 28.0. The fraction of sp³-hybridized carbons (Fsp3) is 0.220. The zero-order chi connectivity index (χ0) is 36.5. The van der Waals surface area contributed by atoms with Crippen LogP contribution in [0, 0.1) is 29.5 Å². The predicted octanol–water partition coefficient (Wildman–Crippen LogP) is 7.03. The Hall–Kier alpha value is -5.74. The molecule has 4 aromatic rings. The van der Waals surface area contributed by atoms with Gasteiger partial charge in [0.1, 0.15) is 17.3 Å². The SMILES string of the molecule is C=Cc1ccc(N2C(=O)[C@H]3[C@H](CC=C4[C@H]3C[C@H]3C(=O)N(Nc5ccc(F)cc5)C(=O)[C@@]3(c3ccc(Cl)cc3)[C@H]4c3c(O)cccc3OC)C2=O)cc1. The highest BCUT2D eigenvalue weighted by molar-refractivity contribution is 6.30. The van der Waals surface area contributed by atoms with E-state index in [1.54, 1.807) is 66.7 Å². The smallest absolute Gasteiger partial charge is 0.260 e. The second kappa shape index (κ2) is 12.5. The van der Waals surface area contributed by atoms with Gasteiger partial charge in [-0.25, -0.2) is 4.39 Å². The molecular weight excluding hydrogens is 685 g/mol. The second-order valence-electron chi connectivity index (χ2n) is 13.6. The minimum atomic E-state index is -1.66. The summed E-state index contributed by atoms with van der Waals surface area (Å²) in [6, 6.07) is 23.7. The molecule has 3 fully saturated rings. The number of halogens is 2. The molecule has 0 unspecified atom stereocenters. The standard InChI is InChI=1S/C41H33ClFN3O6/c1-3-22-7-17-27(18-8-22)45-37(48)29-20-19-28-30(34(29)39(45)50)21-31-38(49)46(44-26-15-13-25(43)14-16-26)40(51)41(31,23-9-11-24(42)12-10-23)36(28)35-32(47)5-4-6-33(35)52-2/h3-19,29-31,34,36,44,47H,1,20-21H2,2H3/t29-,30+,31-,34-,36+,41+/m0/s1. The van der Waals surface area contributed by atoms with E-state index in [9.17, 15) is 23.9 Å². The van der Waals surface area contributed by atoms with Crippen molar-refractivity contribution in [2.75, 3.05) is 17.4 Å².